The van der Waals surface area contributed by atoms with E-state index in [2.05, 4.69) is 0 Å². The predicted molar refractivity (Wildman–Crippen MR) is 142 cm³/mol. The molecular formula is C31H30N2O6. The van der Waals surface area contributed by atoms with Crippen LogP contribution in [-0.2, 0) is 28.7 Å². The van der Waals surface area contributed by atoms with Gasteiger partial charge < -0.3 is 4.74 Å². The van der Waals surface area contributed by atoms with E-state index < -0.39 is 64.6 Å². The van der Waals surface area contributed by atoms with E-state index in [1.807, 2.05) is 26.0 Å². The number of anilines is 2. The molecule has 2 saturated heterocycles. The maximum absolute atomic E-state index is 14.2. The van der Waals surface area contributed by atoms with Crippen LogP contribution < -0.4 is 9.80 Å². The molecule has 5 aliphatic rings. The minimum Gasteiger partial charge on any atom is -0.463 e. The second-order valence-electron chi connectivity index (χ2n) is 11.3. The summed E-state index contributed by atoms with van der Waals surface area (Å²) in [5.41, 5.74) is 2.05. The van der Waals surface area contributed by atoms with Crippen molar-refractivity contribution >= 4 is 41.0 Å². The molecule has 4 amide bonds. The number of hydrogen-bond acceptors (Lipinski definition) is 6. The minimum absolute atomic E-state index is 0.114. The molecule has 2 unspecified atom stereocenters. The first-order valence-corrected chi connectivity index (χ1v) is 13.3. The van der Waals surface area contributed by atoms with E-state index in [9.17, 15) is 24.0 Å². The molecule has 8 nitrogen and oxygen atoms in total. The Morgan fingerprint density at radius 2 is 1.23 bits per heavy atom. The van der Waals surface area contributed by atoms with Crippen molar-refractivity contribution in [2.45, 2.75) is 34.6 Å². The van der Waals surface area contributed by atoms with Crippen LogP contribution in [0.2, 0.25) is 0 Å². The summed E-state index contributed by atoms with van der Waals surface area (Å²) in [6, 6.07) is 14.2. The lowest BCUT2D eigenvalue weighted by molar-refractivity contribution is -0.155. The van der Waals surface area contributed by atoms with E-state index in [-0.39, 0.29) is 12.2 Å². The van der Waals surface area contributed by atoms with Crippen LogP contribution in [0.25, 0.3) is 0 Å². The topological polar surface area (TPSA) is 101 Å². The molecule has 0 spiro atoms. The zero-order chi connectivity index (χ0) is 28.0. The Hall–Kier alpha value is -4.07. The highest BCUT2D eigenvalue weighted by Gasteiger charge is 2.77. The number of ether oxygens (including phenoxy) is 1. The second kappa shape index (κ2) is 8.46. The first kappa shape index (κ1) is 25.2. The van der Waals surface area contributed by atoms with Crippen molar-refractivity contribution < 1.29 is 28.7 Å². The van der Waals surface area contributed by atoms with Crippen molar-refractivity contribution in [3.8, 4) is 0 Å². The third kappa shape index (κ3) is 3.14. The van der Waals surface area contributed by atoms with Crippen molar-refractivity contribution in [2.24, 2.45) is 35.0 Å². The molecule has 0 radical (unpaired) electrons. The standard InChI is InChI=1S/C31H30N2O6/c1-6-39-30(38)23-17(4)20-21-24(28(36)32(26(21)34)18-11-7-9-15(2)13-18)31(23,5)25-22(20)27(35)33(29(25)37)19-12-8-10-16(3)14-19/h7-14,20-22,24-25H,6H2,1-5H3/t20?,21-,22+,24-,25+,31?. The van der Waals surface area contributed by atoms with Crippen LogP contribution in [0, 0.1) is 48.9 Å². The highest BCUT2D eigenvalue weighted by Crippen LogP contribution is 2.68. The quantitative estimate of drug-likeness (QED) is 0.444. The van der Waals surface area contributed by atoms with E-state index in [1.165, 1.54) is 9.80 Å². The second-order valence-corrected chi connectivity index (χ2v) is 11.3. The first-order chi connectivity index (χ1) is 18.5. The van der Waals surface area contributed by atoms with Gasteiger partial charge in [-0.3, -0.25) is 19.2 Å². The van der Waals surface area contributed by atoms with E-state index in [4.69, 9.17) is 4.74 Å². The number of nitrogens with zero attached hydrogens (tertiary/aromatic N) is 2. The summed E-state index contributed by atoms with van der Waals surface area (Å²) in [5.74, 6) is -6.78. The van der Waals surface area contributed by atoms with Gasteiger partial charge in [0.05, 0.1) is 41.7 Å². The number of aryl methyl sites for hydroxylation is 2. The van der Waals surface area contributed by atoms with Gasteiger partial charge in [0, 0.05) is 16.9 Å². The Kier molecular flexibility index (Phi) is 5.47. The molecule has 3 aliphatic carbocycles. The molecule has 8 heteroatoms. The number of imide groups is 2. The molecule has 1 saturated carbocycles. The zero-order valence-corrected chi connectivity index (χ0v) is 22.6. The summed E-state index contributed by atoms with van der Waals surface area (Å²) < 4.78 is 5.43. The van der Waals surface area contributed by atoms with Gasteiger partial charge in [-0.15, -0.1) is 0 Å². The number of carbonyl (C=O) groups excluding carboxylic acids is 5. The summed E-state index contributed by atoms with van der Waals surface area (Å²) in [7, 11) is 0. The van der Waals surface area contributed by atoms with E-state index >= 15 is 0 Å². The van der Waals surface area contributed by atoms with Crippen LogP contribution in [-0.4, -0.2) is 36.2 Å². The number of amides is 4. The Morgan fingerprint density at radius 1 is 0.769 bits per heavy atom. The van der Waals surface area contributed by atoms with Crippen LogP contribution in [0.5, 0.6) is 0 Å². The number of allylic oxidation sites excluding steroid dienone is 1. The molecule has 2 aromatic carbocycles. The maximum Gasteiger partial charge on any atom is 0.334 e. The highest BCUT2D eigenvalue weighted by atomic mass is 16.5. The molecule has 2 heterocycles. The third-order valence-electron chi connectivity index (χ3n) is 9.20. The summed E-state index contributed by atoms with van der Waals surface area (Å²) >= 11 is 0. The highest BCUT2D eigenvalue weighted by molar-refractivity contribution is 6.27. The normalized spacial score (nSPS) is 31.3. The average molecular weight is 527 g/mol. The molecule has 0 aromatic heterocycles. The van der Waals surface area contributed by atoms with Crippen LogP contribution in [0.15, 0.2) is 59.7 Å². The third-order valence-corrected chi connectivity index (χ3v) is 9.20. The SMILES string of the molecule is CCOC(=O)C1=C(C)C2[C@H]3C(=O)N(c4cccc(C)c4)C(=O)[C@@H]3C1(C)[C@@H]1C(=O)N(c3cccc(C)c3)C(=O)[C@@H]21. The Bertz CT molecular complexity index is 1430. The Labute approximate surface area is 226 Å². The zero-order valence-electron chi connectivity index (χ0n) is 22.6. The van der Waals surface area contributed by atoms with Crippen LogP contribution in [0.1, 0.15) is 31.9 Å². The summed E-state index contributed by atoms with van der Waals surface area (Å²) in [6.07, 6.45) is 0. The summed E-state index contributed by atoms with van der Waals surface area (Å²) in [4.78, 5) is 72.3. The Morgan fingerprint density at radius 3 is 1.64 bits per heavy atom. The van der Waals surface area contributed by atoms with E-state index in [0.717, 1.165) is 11.1 Å². The van der Waals surface area contributed by atoms with Crippen LogP contribution in [0.4, 0.5) is 11.4 Å². The maximum atomic E-state index is 14.2. The molecule has 2 aromatic rings. The van der Waals surface area contributed by atoms with Gasteiger partial charge in [0.1, 0.15) is 0 Å². The lowest BCUT2D eigenvalue weighted by Crippen LogP contribution is -2.61. The molecule has 6 atom stereocenters. The lowest BCUT2D eigenvalue weighted by Gasteiger charge is -2.55. The fourth-order valence-electron chi connectivity index (χ4n) is 7.85. The summed E-state index contributed by atoms with van der Waals surface area (Å²) in [6.45, 7) is 8.99. The van der Waals surface area contributed by atoms with Gasteiger partial charge in [0.2, 0.25) is 23.6 Å². The average Bonchev–Trinajstić information content (AvgIpc) is 3.30. The number of esters is 1. The number of carbonyl (C=O) groups is 5. The number of rotatable bonds is 4. The van der Waals surface area contributed by atoms with Crippen molar-refractivity contribution in [1.29, 1.82) is 0 Å². The minimum atomic E-state index is -1.41. The first-order valence-electron chi connectivity index (χ1n) is 13.3. The number of benzene rings is 2. The predicted octanol–water partition coefficient (Wildman–Crippen LogP) is 3.74. The van der Waals surface area contributed by atoms with Crippen LogP contribution in [0.3, 0.4) is 0 Å². The van der Waals surface area contributed by atoms with Crippen molar-refractivity contribution in [3.05, 3.63) is 70.8 Å². The smallest absolute Gasteiger partial charge is 0.334 e. The van der Waals surface area contributed by atoms with Gasteiger partial charge in [0.25, 0.3) is 0 Å². The van der Waals surface area contributed by atoms with Gasteiger partial charge in [-0.05, 0) is 63.1 Å². The van der Waals surface area contributed by atoms with Crippen molar-refractivity contribution in [3.63, 3.8) is 0 Å². The van der Waals surface area contributed by atoms with Gasteiger partial charge in [-0.25, -0.2) is 14.6 Å². The fourth-order valence-corrected chi connectivity index (χ4v) is 7.85. The molecule has 2 aliphatic heterocycles. The molecule has 7 rings (SSSR count). The monoisotopic (exact) mass is 526 g/mol. The number of hydrogen-bond donors (Lipinski definition) is 0. The van der Waals surface area contributed by atoms with Crippen molar-refractivity contribution in [2.75, 3.05) is 16.4 Å². The summed E-state index contributed by atoms with van der Waals surface area (Å²) in [5, 5.41) is 0. The largest absolute Gasteiger partial charge is 0.463 e. The van der Waals surface area contributed by atoms with Gasteiger partial charge >= 0.3 is 5.97 Å². The van der Waals surface area contributed by atoms with Gasteiger partial charge in [-0.2, -0.15) is 0 Å². The van der Waals surface area contributed by atoms with Gasteiger partial charge in [-0.1, -0.05) is 36.8 Å². The molecule has 200 valence electrons. The molecule has 2 bridgehead atoms. The molecular weight excluding hydrogens is 496 g/mol. The van der Waals surface area contributed by atoms with Crippen LogP contribution >= 0.6 is 0 Å². The Balaban J connectivity index is 1.55. The molecule has 39 heavy (non-hydrogen) atoms. The van der Waals surface area contributed by atoms with Crippen molar-refractivity contribution in [1.82, 2.24) is 0 Å². The van der Waals surface area contributed by atoms with E-state index in [1.54, 1.807) is 57.2 Å². The molecule has 0 N–H and O–H groups in total. The van der Waals surface area contributed by atoms with E-state index in [0.29, 0.717) is 16.9 Å². The fraction of sp³-hybridized carbons (Fsp3) is 0.387. The lowest BCUT2D eigenvalue weighted by atomic mass is 9.43. The van der Waals surface area contributed by atoms with Gasteiger partial charge in [0.15, 0.2) is 0 Å². The molecule has 3 fully saturated rings.